The van der Waals surface area contributed by atoms with Crippen LogP contribution in [0.3, 0.4) is 0 Å². The van der Waals surface area contributed by atoms with Gasteiger partial charge in [-0.25, -0.2) is 9.37 Å². The molecule has 9 heteroatoms. The first kappa shape index (κ1) is 14.3. The van der Waals surface area contributed by atoms with Crippen LogP contribution in [0.5, 0.6) is 5.75 Å². The number of nitrogens with zero attached hydrogens (tertiary/aromatic N) is 2. The minimum absolute atomic E-state index is 0.0779. The maximum atomic E-state index is 13.8. The van der Waals surface area contributed by atoms with Gasteiger partial charge in [-0.2, -0.15) is 0 Å². The lowest BCUT2D eigenvalue weighted by molar-refractivity contribution is 0.288. The van der Waals surface area contributed by atoms with Crippen molar-refractivity contribution >= 4 is 18.4 Å². The highest BCUT2D eigenvalue weighted by Crippen LogP contribution is 2.17. The quantitative estimate of drug-likeness (QED) is 0.600. The summed E-state index contributed by atoms with van der Waals surface area (Å²) in [6, 6.07) is 6.48. The van der Waals surface area contributed by atoms with E-state index in [9.17, 15) is 9.18 Å². The minimum atomic E-state index is -1.88. The average Bonchev–Trinajstić information content (AvgIpc) is 2.78. The van der Waals surface area contributed by atoms with Gasteiger partial charge in [0.1, 0.15) is 11.1 Å². The zero-order valence-corrected chi connectivity index (χ0v) is 11.2. The number of hydrogen-bond acceptors (Lipinski definition) is 5. The van der Waals surface area contributed by atoms with E-state index in [2.05, 4.69) is 9.97 Å². The largest absolute Gasteiger partial charge is 0.707 e. The molecule has 22 heavy (non-hydrogen) atoms. The molecule has 3 N–H and O–H groups in total. The molecule has 7 nitrogen and oxygen atoms in total. The first-order valence-electron chi connectivity index (χ1n) is 6.38. The van der Waals surface area contributed by atoms with E-state index in [1.54, 1.807) is 24.3 Å². The summed E-state index contributed by atoms with van der Waals surface area (Å²) in [5.74, 6) is -0.343. The Morgan fingerprint density at radius 2 is 2.05 bits per heavy atom. The zero-order valence-electron chi connectivity index (χ0n) is 11.2. The fraction of sp³-hybridized carbons (Fsp3) is 0.0769. The summed E-state index contributed by atoms with van der Waals surface area (Å²) < 4.78 is 20.0. The Kier molecular flexibility index (Phi) is 3.65. The van der Waals surface area contributed by atoms with Crippen LogP contribution in [0.15, 0.2) is 41.6 Å². The molecule has 0 aliphatic heterocycles. The Labute approximate surface area is 123 Å². The fourth-order valence-electron chi connectivity index (χ4n) is 2.20. The second kappa shape index (κ2) is 5.62. The van der Waals surface area contributed by atoms with Crippen molar-refractivity contribution in [3.8, 4) is 5.75 Å². The Bertz CT molecular complexity index is 860. The van der Waals surface area contributed by atoms with Crippen molar-refractivity contribution in [2.45, 2.75) is 6.54 Å². The number of nitrogens with one attached hydrogen (secondary N) is 1. The fourth-order valence-corrected chi connectivity index (χ4v) is 2.20. The molecule has 3 aromatic rings. The van der Waals surface area contributed by atoms with Crippen LogP contribution in [0.1, 0.15) is 5.56 Å². The molecule has 0 aliphatic rings. The van der Waals surface area contributed by atoms with Gasteiger partial charge < -0.3 is 24.3 Å². The summed E-state index contributed by atoms with van der Waals surface area (Å²) in [5, 5.41) is 17.3. The van der Waals surface area contributed by atoms with E-state index in [1.165, 1.54) is 17.1 Å². The van der Waals surface area contributed by atoms with E-state index in [0.717, 1.165) is 5.56 Å². The molecule has 0 saturated heterocycles. The van der Waals surface area contributed by atoms with Gasteiger partial charge >= 0.3 is 7.32 Å². The maximum Gasteiger partial charge on any atom is 0.707 e. The van der Waals surface area contributed by atoms with Crippen LogP contribution in [-0.2, 0) is 6.54 Å². The average molecular weight is 303 g/mol. The highest BCUT2D eigenvalue weighted by Gasteiger charge is 2.14. The van der Waals surface area contributed by atoms with Crippen LogP contribution >= 0.6 is 0 Å². The zero-order chi connectivity index (χ0) is 15.7. The molecular weight excluding hydrogens is 292 g/mol. The summed E-state index contributed by atoms with van der Waals surface area (Å²) in [6.07, 6.45) is 2.44. The lowest BCUT2D eigenvalue weighted by Gasteiger charge is -2.07. The van der Waals surface area contributed by atoms with Gasteiger partial charge in [0.25, 0.3) is 5.56 Å². The van der Waals surface area contributed by atoms with Crippen molar-refractivity contribution in [1.29, 1.82) is 0 Å². The monoisotopic (exact) mass is 303 g/mol. The Hall–Kier alpha value is -2.65. The number of H-pyrrole nitrogens is 1. The molecule has 3 rings (SSSR count). The normalized spacial score (nSPS) is 10.9. The van der Waals surface area contributed by atoms with E-state index in [4.69, 9.17) is 14.7 Å². The number of fused-ring (bicyclic) bond motifs is 1. The van der Waals surface area contributed by atoms with E-state index < -0.39 is 18.7 Å². The first-order valence-corrected chi connectivity index (χ1v) is 6.38. The number of hydrogen-bond donors (Lipinski definition) is 3. The molecule has 0 bridgehead atoms. The number of aromatic nitrogens is 3. The van der Waals surface area contributed by atoms with E-state index >= 15 is 0 Å². The van der Waals surface area contributed by atoms with Crippen LogP contribution in [0.4, 0.5) is 4.39 Å². The van der Waals surface area contributed by atoms with Gasteiger partial charge in [0.05, 0.1) is 6.33 Å². The van der Waals surface area contributed by atoms with Gasteiger partial charge in [0, 0.05) is 12.7 Å². The van der Waals surface area contributed by atoms with Gasteiger partial charge in [-0.05, 0) is 17.7 Å². The second-order valence-corrected chi connectivity index (χ2v) is 4.62. The summed E-state index contributed by atoms with van der Waals surface area (Å²) in [6.45, 7) is 0.304. The standard InChI is InChI=1S/C13H11BFN3O4/c15-10-6-18(12-11(10)13(19)17-7-16-12)5-8-1-3-9(4-2-8)22-14(20)21/h1-4,6-7,20-21H,5H2,(H,16,17,19). The third-order valence-corrected chi connectivity index (χ3v) is 3.13. The van der Waals surface area contributed by atoms with Gasteiger partial charge in [0.2, 0.25) is 0 Å². The van der Waals surface area contributed by atoms with Crippen molar-refractivity contribution in [2.75, 3.05) is 0 Å². The summed E-state index contributed by atoms with van der Waals surface area (Å²) in [7, 11) is -1.88. The third-order valence-electron chi connectivity index (χ3n) is 3.13. The van der Waals surface area contributed by atoms with E-state index in [-0.39, 0.29) is 16.8 Å². The summed E-state index contributed by atoms with van der Waals surface area (Å²) >= 11 is 0. The molecule has 2 heterocycles. The maximum absolute atomic E-state index is 13.8. The molecule has 0 atom stereocenters. The number of benzene rings is 1. The van der Waals surface area contributed by atoms with E-state index in [0.29, 0.717) is 6.54 Å². The number of halogens is 1. The van der Waals surface area contributed by atoms with Crippen molar-refractivity contribution in [3.63, 3.8) is 0 Å². The molecule has 0 saturated carbocycles. The molecule has 0 fully saturated rings. The smallest absolute Gasteiger partial charge is 0.512 e. The predicted octanol–water partition coefficient (Wildman–Crippen LogP) is 0.260. The molecule has 0 aliphatic carbocycles. The first-order chi connectivity index (χ1) is 10.5. The molecule has 2 aromatic heterocycles. The highest BCUT2D eigenvalue weighted by molar-refractivity contribution is 6.33. The van der Waals surface area contributed by atoms with Crippen LogP contribution in [0.25, 0.3) is 11.0 Å². The van der Waals surface area contributed by atoms with Crippen LogP contribution in [0.2, 0.25) is 0 Å². The van der Waals surface area contributed by atoms with E-state index in [1.807, 2.05) is 0 Å². The van der Waals surface area contributed by atoms with Crippen molar-refractivity contribution in [3.05, 3.63) is 58.5 Å². The molecule has 0 spiro atoms. The SMILES string of the molecule is O=c1[nH]cnc2c1c(F)cn2Cc1ccc(OB(O)O)cc1. The third kappa shape index (κ3) is 2.71. The Balaban J connectivity index is 1.90. The van der Waals surface area contributed by atoms with Gasteiger partial charge in [-0.3, -0.25) is 4.79 Å². The predicted molar refractivity (Wildman–Crippen MR) is 76.7 cm³/mol. The molecule has 0 amide bonds. The van der Waals surface area contributed by atoms with Crippen LogP contribution in [-0.4, -0.2) is 31.9 Å². The topological polar surface area (TPSA) is 100 Å². The second-order valence-electron chi connectivity index (χ2n) is 4.62. The van der Waals surface area contributed by atoms with Crippen molar-refractivity contribution in [2.24, 2.45) is 0 Å². The van der Waals surface area contributed by atoms with Gasteiger partial charge in [-0.15, -0.1) is 0 Å². The molecule has 1 aromatic carbocycles. The van der Waals surface area contributed by atoms with Gasteiger partial charge in [-0.1, -0.05) is 12.1 Å². The van der Waals surface area contributed by atoms with Crippen molar-refractivity contribution < 1.29 is 19.1 Å². The molecule has 0 unspecified atom stereocenters. The molecule has 0 radical (unpaired) electrons. The number of rotatable bonds is 4. The summed E-state index contributed by atoms with van der Waals surface area (Å²) in [5.41, 5.74) is 0.535. The Morgan fingerprint density at radius 3 is 2.73 bits per heavy atom. The lowest BCUT2D eigenvalue weighted by Crippen LogP contribution is -2.20. The van der Waals surface area contributed by atoms with Crippen molar-refractivity contribution in [1.82, 2.24) is 14.5 Å². The van der Waals surface area contributed by atoms with Gasteiger partial charge in [0.15, 0.2) is 11.5 Å². The van der Waals surface area contributed by atoms with Crippen LogP contribution in [0, 0.1) is 5.82 Å². The summed E-state index contributed by atoms with van der Waals surface area (Å²) in [4.78, 5) is 17.9. The molecule has 112 valence electrons. The molecular formula is C13H11BFN3O4. The highest BCUT2D eigenvalue weighted by atomic mass is 19.1. The lowest BCUT2D eigenvalue weighted by atomic mass is 10.2. The minimum Gasteiger partial charge on any atom is -0.512 e. The number of aromatic amines is 1. The Morgan fingerprint density at radius 1 is 1.32 bits per heavy atom. The van der Waals surface area contributed by atoms with Crippen LogP contribution < -0.4 is 10.2 Å².